The van der Waals surface area contributed by atoms with Crippen molar-refractivity contribution >= 4 is 17.6 Å². The molecule has 0 spiro atoms. The summed E-state index contributed by atoms with van der Waals surface area (Å²) in [5.74, 6) is 2.42. The highest BCUT2D eigenvalue weighted by Crippen LogP contribution is 2.30. The van der Waals surface area contributed by atoms with Crippen molar-refractivity contribution in [3.63, 3.8) is 0 Å². The zero-order valence-corrected chi connectivity index (χ0v) is 19.5. The van der Waals surface area contributed by atoms with Gasteiger partial charge in [0, 0.05) is 32.2 Å². The normalized spacial score (nSPS) is 14.9. The minimum atomic E-state index is 0.0274. The number of guanidine groups is 1. The molecule has 2 aromatic carbocycles. The smallest absolute Gasteiger partial charge is 0.227 e. The summed E-state index contributed by atoms with van der Waals surface area (Å²) >= 11 is 0. The molecule has 0 radical (unpaired) electrons. The molecule has 1 aliphatic rings. The fraction of sp³-hybridized carbons (Fsp3) is 0.440. The number of aliphatic imine (C=N–C) groups is 1. The van der Waals surface area contributed by atoms with E-state index in [-0.39, 0.29) is 11.9 Å². The summed E-state index contributed by atoms with van der Waals surface area (Å²) < 4.78 is 11.4. The van der Waals surface area contributed by atoms with Crippen LogP contribution in [0, 0.1) is 0 Å². The Morgan fingerprint density at radius 3 is 2.44 bits per heavy atom. The van der Waals surface area contributed by atoms with Crippen molar-refractivity contribution in [1.29, 1.82) is 0 Å². The average molecular weight is 439 g/mol. The maximum Gasteiger partial charge on any atom is 0.227 e. The molecule has 0 bridgehead atoms. The van der Waals surface area contributed by atoms with Crippen molar-refractivity contribution in [2.75, 3.05) is 31.7 Å². The van der Waals surface area contributed by atoms with Crippen LogP contribution in [-0.4, -0.2) is 38.7 Å². The topological polar surface area (TPSA) is 75.2 Å². The van der Waals surface area contributed by atoms with Gasteiger partial charge in [-0.3, -0.25) is 9.79 Å². The number of ether oxygens (including phenoxy) is 2. The van der Waals surface area contributed by atoms with Gasteiger partial charge in [-0.05, 0) is 62.6 Å². The van der Waals surface area contributed by atoms with E-state index in [9.17, 15) is 4.79 Å². The molecule has 0 aromatic heterocycles. The van der Waals surface area contributed by atoms with Crippen LogP contribution in [0.3, 0.4) is 0 Å². The van der Waals surface area contributed by atoms with E-state index < -0.39 is 0 Å². The molecule has 2 aromatic rings. The van der Waals surface area contributed by atoms with Crippen LogP contribution in [0.1, 0.15) is 50.8 Å². The Kier molecular flexibility index (Phi) is 8.36. The molecule has 1 unspecified atom stereocenters. The van der Waals surface area contributed by atoms with E-state index in [2.05, 4.69) is 22.5 Å². The third kappa shape index (κ3) is 5.93. The van der Waals surface area contributed by atoms with Gasteiger partial charge in [0.1, 0.15) is 0 Å². The Morgan fingerprint density at radius 2 is 1.81 bits per heavy atom. The van der Waals surface area contributed by atoms with Crippen molar-refractivity contribution in [2.24, 2.45) is 4.99 Å². The van der Waals surface area contributed by atoms with Gasteiger partial charge in [-0.2, -0.15) is 0 Å². The van der Waals surface area contributed by atoms with Crippen LogP contribution in [0.25, 0.3) is 0 Å². The maximum absolute atomic E-state index is 11.9. The molecule has 0 aliphatic carbocycles. The van der Waals surface area contributed by atoms with E-state index in [0.29, 0.717) is 32.1 Å². The lowest BCUT2D eigenvalue weighted by atomic mass is 10.1. The predicted molar refractivity (Wildman–Crippen MR) is 129 cm³/mol. The Labute approximate surface area is 190 Å². The van der Waals surface area contributed by atoms with Crippen molar-refractivity contribution in [3.05, 3.63) is 53.6 Å². The third-order valence-electron chi connectivity index (χ3n) is 5.43. The summed E-state index contributed by atoms with van der Waals surface area (Å²) in [6, 6.07) is 14.1. The van der Waals surface area contributed by atoms with Crippen LogP contribution < -0.4 is 25.0 Å². The number of carbonyl (C=O) groups is 1. The summed E-state index contributed by atoms with van der Waals surface area (Å²) in [7, 11) is 1.76. The van der Waals surface area contributed by atoms with Gasteiger partial charge in [-0.1, -0.05) is 18.2 Å². The molecule has 172 valence electrons. The number of nitrogens with zero attached hydrogens (tertiary/aromatic N) is 2. The summed E-state index contributed by atoms with van der Waals surface area (Å²) in [6.07, 6.45) is 1.58. The molecule has 1 fully saturated rings. The van der Waals surface area contributed by atoms with Gasteiger partial charge in [0.25, 0.3) is 0 Å². The number of rotatable bonds is 9. The Bertz CT molecular complexity index is 927. The first kappa shape index (κ1) is 23.4. The van der Waals surface area contributed by atoms with Crippen LogP contribution in [0.4, 0.5) is 5.69 Å². The van der Waals surface area contributed by atoms with Crippen molar-refractivity contribution < 1.29 is 14.3 Å². The number of carbonyl (C=O) groups excluding carboxylic acids is 1. The molecule has 1 aliphatic heterocycles. The van der Waals surface area contributed by atoms with Crippen molar-refractivity contribution in [2.45, 2.75) is 46.2 Å². The molecule has 1 saturated heterocycles. The van der Waals surface area contributed by atoms with E-state index >= 15 is 0 Å². The number of hydrogen-bond donors (Lipinski definition) is 2. The van der Waals surface area contributed by atoms with Gasteiger partial charge in [-0.15, -0.1) is 0 Å². The van der Waals surface area contributed by atoms with E-state index in [1.807, 2.05) is 61.2 Å². The first-order chi connectivity index (χ1) is 15.5. The minimum Gasteiger partial charge on any atom is -0.490 e. The summed E-state index contributed by atoms with van der Waals surface area (Å²) in [5.41, 5.74) is 3.17. The Hall–Kier alpha value is -3.22. The highest BCUT2D eigenvalue weighted by molar-refractivity contribution is 5.95. The Morgan fingerprint density at radius 1 is 1.09 bits per heavy atom. The quantitative estimate of drug-likeness (QED) is 0.457. The molecule has 7 heteroatoms. The monoisotopic (exact) mass is 438 g/mol. The first-order valence-electron chi connectivity index (χ1n) is 11.3. The molecule has 1 atom stereocenters. The largest absolute Gasteiger partial charge is 0.490 e. The molecule has 1 amide bonds. The van der Waals surface area contributed by atoms with Crippen LogP contribution in [-0.2, 0) is 11.3 Å². The van der Waals surface area contributed by atoms with Gasteiger partial charge in [-0.25, -0.2) is 0 Å². The number of amides is 1. The molecule has 3 rings (SSSR count). The number of anilines is 1. The van der Waals surface area contributed by atoms with Crippen molar-refractivity contribution in [3.8, 4) is 11.5 Å². The fourth-order valence-electron chi connectivity index (χ4n) is 3.72. The molecule has 1 heterocycles. The molecular weight excluding hydrogens is 404 g/mol. The maximum atomic E-state index is 11.9. The van der Waals surface area contributed by atoms with Crippen LogP contribution in [0.5, 0.6) is 11.5 Å². The lowest BCUT2D eigenvalue weighted by Gasteiger charge is -2.20. The fourth-order valence-corrected chi connectivity index (χ4v) is 3.72. The zero-order valence-electron chi connectivity index (χ0n) is 19.5. The van der Waals surface area contributed by atoms with Gasteiger partial charge in [0.2, 0.25) is 5.91 Å². The average Bonchev–Trinajstić information content (AvgIpc) is 3.24. The zero-order chi connectivity index (χ0) is 22.9. The lowest BCUT2D eigenvalue weighted by molar-refractivity contribution is -0.117. The van der Waals surface area contributed by atoms with Crippen molar-refractivity contribution in [1.82, 2.24) is 10.6 Å². The van der Waals surface area contributed by atoms with Gasteiger partial charge in [0.05, 0.1) is 19.3 Å². The van der Waals surface area contributed by atoms with Crippen LogP contribution >= 0.6 is 0 Å². The molecular formula is C25H34N4O3. The molecule has 7 nitrogen and oxygen atoms in total. The molecule has 2 N–H and O–H groups in total. The van der Waals surface area contributed by atoms with Crippen LogP contribution in [0.15, 0.2) is 47.5 Å². The molecule has 32 heavy (non-hydrogen) atoms. The SMILES string of the molecule is CCOc1ccc(C(C)NC(=NC)NCc2ccc(N3CCCC3=O)cc2)cc1OCC. The summed E-state index contributed by atoms with van der Waals surface area (Å²) in [5, 5.41) is 6.78. The van der Waals surface area contributed by atoms with Gasteiger partial charge < -0.3 is 25.0 Å². The molecule has 0 saturated carbocycles. The Balaban J connectivity index is 1.58. The second-order valence-electron chi connectivity index (χ2n) is 7.68. The summed E-state index contributed by atoms with van der Waals surface area (Å²) in [6.45, 7) is 8.63. The van der Waals surface area contributed by atoms with Crippen LogP contribution in [0.2, 0.25) is 0 Å². The third-order valence-corrected chi connectivity index (χ3v) is 5.43. The number of hydrogen-bond acceptors (Lipinski definition) is 4. The predicted octanol–water partition coefficient (Wildman–Crippen LogP) is 4.04. The second-order valence-corrected chi connectivity index (χ2v) is 7.68. The number of benzene rings is 2. The van der Waals surface area contributed by atoms with E-state index in [0.717, 1.165) is 41.3 Å². The van der Waals surface area contributed by atoms with Gasteiger partial charge >= 0.3 is 0 Å². The van der Waals surface area contributed by atoms with E-state index in [4.69, 9.17) is 9.47 Å². The second kappa shape index (κ2) is 11.4. The minimum absolute atomic E-state index is 0.0274. The summed E-state index contributed by atoms with van der Waals surface area (Å²) in [4.78, 5) is 18.1. The highest BCUT2D eigenvalue weighted by atomic mass is 16.5. The first-order valence-corrected chi connectivity index (χ1v) is 11.3. The van der Waals surface area contributed by atoms with E-state index in [1.54, 1.807) is 7.05 Å². The highest BCUT2D eigenvalue weighted by Gasteiger charge is 2.21. The number of nitrogens with one attached hydrogen (secondary N) is 2. The lowest BCUT2D eigenvalue weighted by Crippen LogP contribution is -2.38. The standard InChI is InChI=1S/C25H34N4O3/c1-5-31-22-14-11-20(16-23(22)32-6-2)18(3)28-25(26-4)27-17-19-9-12-21(13-10-19)29-15-7-8-24(29)30/h9-14,16,18H,5-8,15,17H2,1-4H3,(H2,26,27,28). The van der Waals surface area contributed by atoms with Gasteiger partial charge in [0.15, 0.2) is 17.5 Å². The van der Waals surface area contributed by atoms with E-state index in [1.165, 1.54) is 0 Å².